The van der Waals surface area contributed by atoms with Crippen LogP contribution in [0.4, 0.5) is 0 Å². The Kier molecular flexibility index (Phi) is 6.53. The largest absolute Gasteiger partial charge is 0.299 e. The molecule has 0 saturated heterocycles. The van der Waals surface area contributed by atoms with Crippen LogP contribution in [-0.2, 0) is 6.54 Å². The van der Waals surface area contributed by atoms with Crippen molar-refractivity contribution in [3.05, 3.63) is 34.3 Å². The van der Waals surface area contributed by atoms with Gasteiger partial charge in [-0.15, -0.1) is 0 Å². The molecule has 0 saturated carbocycles. The zero-order chi connectivity index (χ0) is 11.1. The molecule has 0 radical (unpaired) electrons. The molecule has 15 heavy (non-hydrogen) atoms. The zero-order valence-corrected chi connectivity index (χ0v) is 12.2. The van der Waals surface area contributed by atoms with Gasteiger partial charge >= 0.3 is 0 Å². The summed E-state index contributed by atoms with van der Waals surface area (Å²) in [5.41, 5.74) is 1.38. The van der Waals surface area contributed by atoms with Crippen molar-refractivity contribution in [2.45, 2.75) is 19.9 Å². The normalized spacial score (nSPS) is 10.9. The highest BCUT2D eigenvalue weighted by Gasteiger charge is 2.02. The van der Waals surface area contributed by atoms with Gasteiger partial charge in [-0.25, -0.2) is 0 Å². The summed E-state index contributed by atoms with van der Waals surface area (Å²) < 4.78 is 1.15. The van der Waals surface area contributed by atoms with Crippen molar-refractivity contribution >= 4 is 31.9 Å². The van der Waals surface area contributed by atoms with E-state index in [1.165, 1.54) is 12.0 Å². The van der Waals surface area contributed by atoms with Crippen LogP contribution in [0.3, 0.4) is 0 Å². The molecule has 1 nitrogen and oxygen atoms in total. The van der Waals surface area contributed by atoms with Crippen LogP contribution in [0.25, 0.3) is 0 Å². The molecule has 0 N–H and O–H groups in total. The second kappa shape index (κ2) is 7.42. The highest BCUT2D eigenvalue weighted by Crippen LogP contribution is 2.12. The van der Waals surface area contributed by atoms with Crippen molar-refractivity contribution in [1.82, 2.24) is 4.90 Å². The third kappa shape index (κ3) is 5.14. The maximum absolute atomic E-state index is 3.47. The summed E-state index contributed by atoms with van der Waals surface area (Å²) in [6, 6.07) is 8.57. The van der Waals surface area contributed by atoms with E-state index in [0.717, 1.165) is 29.4 Å². The molecule has 0 aliphatic rings. The van der Waals surface area contributed by atoms with Crippen LogP contribution in [-0.4, -0.2) is 23.3 Å². The molecule has 84 valence electrons. The fraction of sp³-hybridized carbons (Fsp3) is 0.500. The molecule has 1 aromatic rings. The zero-order valence-electron chi connectivity index (χ0n) is 9.05. The molecule has 0 amide bonds. The third-order valence-electron chi connectivity index (χ3n) is 2.37. The number of alkyl halides is 1. The van der Waals surface area contributed by atoms with Crippen molar-refractivity contribution in [3.8, 4) is 0 Å². The van der Waals surface area contributed by atoms with E-state index < -0.39 is 0 Å². The minimum Gasteiger partial charge on any atom is -0.299 e. The van der Waals surface area contributed by atoms with Gasteiger partial charge in [0.15, 0.2) is 0 Å². The molecular weight excluding hydrogens is 318 g/mol. The van der Waals surface area contributed by atoms with E-state index >= 15 is 0 Å². The van der Waals surface area contributed by atoms with E-state index in [4.69, 9.17) is 0 Å². The molecule has 0 aromatic heterocycles. The Labute approximate surface area is 109 Å². The maximum atomic E-state index is 3.47. The summed E-state index contributed by atoms with van der Waals surface area (Å²) in [5.74, 6) is 0. The van der Waals surface area contributed by atoms with Gasteiger partial charge in [-0.05, 0) is 37.2 Å². The molecule has 0 atom stereocenters. The molecule has 1 aromatic carbocycles. The molecule has 0 unspecified atom stereocenters. The highest BCUT2D eigenvalue weighted by molar-refractivity contribution is 9.10. The Morgan fingerprint density at radius 3 is 2.40 bits per heavy atom. The van der Waals surface area contributed by atoms with Crippen molar-refractivity contribution in [2.75, 3.05) is 18.4 Å². The Morgan fingerprint density at radius 1 is 1.20 bits per heavy atom. The smallest absolute Gasteiger partial charge is 0.0233 e. The van der Waals surface area contributed by atoms with E-state index in [1.54, 1.807) is 0 Å². The fourth-order valence-electron chi connectivity index (χ4n) is 1.48. The van der Waals surface area contributed by atoms with Crippen molar-refractivity contribution in [3.63, 3.8) is 0 Å². The van der Waals surface area contributed by atoms with Crippen LogP contribution >= 0.6 is 31.9 Å². The van der Waals surface area contributed by atoms with Gasteiger partial charge in [-0.2, -0.15) is 0 Å². The number of benzene rings is 1. The van der Waals surface area contributed by atoms with E-state index in [1.807, 2.05) is 0 Å². The van der Waals surface area contributed by atoms with Gasteiger partial charge in [0.25, 0.3) is 0 Å². The van der Waals surface area contributed by atoms with Crippen LogP contribution in [0.15, 0.2) is 28.7 Å². The lowest BCUT2D eigenvalue weighted by Gasteiger charge is -2.19. The summed E-state index contributed by atoms with van der Waals surface area (Å²) in [6.45, 7) is 5.55. The number of halogens is 2. The van der Waals surface area contributed by atoms with E-state index in [9.17, 15) is 0 Å². The van der Waals surface area contributed by atoms with Crippen LogP contribution in [0.1, 0.15) is 18.9 Å². The average Bonchev–Trinajstić information content (AvgIpc) is 2.27. The number of rotatable bonds is 6. The summed E-state index contributed by atoms with van der Waals surface area (Å²) in [6.07, 6.45) is 1.21. The predicted octanol–water partition coefficient (Wildman–Crippen LogP) is 4.06. The van der Waals surface area contributed by atoms with Gasteiger partial charge in [0.1, 0.15) is 0 Å². The lowest BCUT2D eigenvalue weighted by atomic mass is 10.2. The Bertz CT molecular complexity index is 271. The molecule has 0 aliphatic heterocycles. The Morgan fingerprint density at radius 2 is 1.87 bits per heavy atom. The Balaban J connectivity index is 2.47. The molecule has 0 aliphatic carbocycles. The first kappa shape index (κ1) is 13.2. The summed E-state index contributed by atoms with van der Waals surface area (Å²) in [4.78, 5) is 2.46. The van der Waals surface area contributed by atoms with Crippen LogP contribution in [0.5, 0.6) is 0 Å². The maximum Gasteiger partial charge on any atom is 0.0233 e. The van der Waals surface area contributed by atoms with Crippen LogP contribution in [0.2, 0.25) is 0 Å². The van der Waals surface area contributed by atoms with Crippen LogP contribution < -0.4 is 0 Å². The van der Waals surface area contributed by atoms with Crippen molar-refractivity contribution in [1.29, 1.82) is 0 Å². The van der Waals surface area contributed by atoms with E-state index in [0.29, 0.717) is 0 Å². The second-order valence-electron chi connectivity index (χ2n) is 3.54. The molecule has 0 fully saturated rings. The van der Waals surface area contributed by atoms with Gasteiger partial charge in [0.2, 0.25) is 0 Å². The van der Waals surface area contributed by atoms with Gasteiger partial charge in [-0.1, -0.05) is 50.9 Å². The molecule has 0 bridgehead atoms. The van der Waals surface area contributed by atoms with Gasteiger partial charge < -0.3 is 0 Å². The number of nitrogens with zero attached hydrogens (tertiary/aromatic N) is 1. The molecule has 1 rings (SSSR count). The van der Waals surface area contributed by atoms with Crippen LogP contribution in [0, 0.1) is 0 Å². The number of hydrogen-bond donors (Lipinski definition) is 0. The van der Waals surface area contributed by atoms with Crippen molar-refractivity contribution in [2.24, 2.45) is 0 Å². The summed E-state index contributed by atoms with van der Waals surface area (Å²) >= 11 is 6.92. The first-order valence-corrected chi connectivity index (χ1v) is 7.20. The monoisotopic (exact) mass is 333 g/mol. The quantitative estimate of drug-likeness (QED) is 0.709. The molecular formula is C12H17Br2N. The van der Waals surface area contributed by atoms with Gasteiger partial charge in [0, 0.05) is 16.3 Å². The lowest BCUT2D eigenvalue weighted by Crippen LogP contribution is -2.24. The minimum atomic E-state index is 1.05. The Hall–Kier alpha value is 0.140. The lowest BCUT2D eigenvalue weighted by molar-refractivity contribution is 0.282. The van der Waals surface area contributed by atoms with Gasteiger partial charge in [-0.3, -0.25) is 4.90 Å². The van der Waals surface area contributed by atoms with E-state index in [-0.39, 0.29) is 0 Å². The fourth-order valence-corrected chi connectivity index (χ4v) is 2.00. The standard InChI is InChI=1S/C12H17Br2N/c1-2-15(9-3-8-13)10-11-4-6-12(14)7-5-11/h4-7H,2-3,8-10H2,1H3. The predicted molar refractivity (Wildman–Crippen MR) is 73.5 cm³/mol. The minimum absolute atomic E-state index is 1.05. The summed E-state index contributed by atoms with van der Waals surface area (Å²) in [7, 11) is 0. The highest BCUT2D eigenvalue weighted by atomic mass is 79.9. The molecule has 0 heterocycles. The number of hydrogen-bond acceptors (Lipinski definition) is 1. The van der Waals surface area contributed by atoms with Crippen molar-refractivity contribution < 1.29 is 0 Å². The SMILES string of the molecule is CCN(CCCBr)Cc1ccc(Br)cc1. The topological polar surface area (TPSA) is 3.24 Å². The van der Waals surface area contributed by atoms with E-state index in [2.05, 4.69) is 67.9 Å². The molecule has 0 spiro atoms. The average molecular weight is 335 g/mol. The first-order valence-electron chi connectivity index (χ1n) is 5.29. The van der Waals surface area contributed by atoms with Gasteiger partial charge in [0.05, 0.1) is 0 Å². The molecule has 3 heteroatoms. The summed E-state index contributed by atoms with van der Waals surface area (Å²) in [5, 5.41) is 1.09. The second-order valence-corrected chi connectivity index (χ2v) is 5.25. The first-order chi connectivity index (χ1) is 7.26. The third-order valence-corrected chi connectivity index (χ3v) is 3.46.